The van der Waals surface area contributed by atoms with Crippen LogP contribution in [0.1, 0.15) is 25.1 Å². The minimum atomic E-state index is 0.248. The largest absolute Gasteiger partial charge is 0.383 e. The molecule has 0 radical (unpaired) electrons. The zero-order valence-corrected chi connectivity index (χ0v) is 13.8. The fourth-order valence-corrected chi connectivity index (χ4v) is 3.03. The first kappa shape index (κ1) is 16.3. The van der Waals surface area contributed by atoms with Crippen molar-refractivity contribution in [2.75, 3.05) is 38.3 Å². The molecule has 120 valence electrons. The molecule has 21 heavy (non-hydrogen) atoms. The summed E-state index contributed by atoms with van der Waals surface area (Å²) in [6, 6.07) is 0. The van der Waals surface area contributed by atoms with E-state index in [9.17, 15) is 0 Å². The summed E-state index contributed by atoms with van der Waals surface area (Å²) < 4.78 is 12.9. The lowest BCUT2D eigenvalue weighted by Gasteiger charge is -2.37. The molecule has 1 fully saturated rings. The van der Waals surface area contributed by atoms with E-state index in [0.29, 0.717) is 0 Å². The highest BCUT2D eigenvalue weighted by Crippen LogP contribution is 2.26. The van der Waals surface area contributed by atoms with Crippen molar-refractivity contribution in [3.8, 4) is 0 Å². The van der Waals surface area contributed by atoms with Gasteiger partial charge in [-0.15, -0.1) is 0 Å². The van der Waals surface area contributed by atoms with Crippen LogP contribution in [0.25, 0.3) is 0 Å². The second-order valence-corrected chi connectivity index (χ2v) is 5.84. The normalized spacial score (nSPS) is 22.8. The van der Waals surface area contributed by atoms with Gasteiger partial charge in [-0.2, -0.15) is 5.10 Å². The van der Waals surface area contributed by atoms with Crippen LogP contribution in [-0.2, 0) is 23.1 Å². The van der Waals surface area contributed by atoms with Crippen LogP contribution < -0.4 is 10.2 Å². The number of ether oxygens (including phenoxy) is 2. The molecule has 0 amide bonds. The van der Waals surface area contributed by atoms with Crippen molar-refractivity contribution in [1.82, 2.24) is 15.1 Å². The van der Waals surface area contributed by atoms with E-state index in [1.54, 1.807) is 7.11 Å². The molecule has 2 rings (SSSR count). The summed E-state index contributed by atoms with van der Waals surface area (Å²) in [5.74, 6) is 1.21. The van der Waals surface area contributed by atoms with Crippen LogP contribution in [0.2, 0.25) is 0 Å². The summed E-state index contributed by atoms with van der Waals surface area (Å²) in [5, 5.41) is 8.02. The Labute approximate surface area is 127 Å². The highest BCUT2D eigenvalue weighted by Gasteiger charge is 2.27. The van der Waals surface area contributed by atoms with Crippen molar-refractivity contribution in [3.63, 3.8) is 0 Å². The van der Waals surface area contributed by atoms with Crippen LogP contribution in [0.15, 0.2) is 0 Å². The fourth-order valence-electron chi connectivity index (χ4n) is 3.03. The molecule has 0 saturated carbocycles. The minimum absolute atomic E-state index is 0.248. The van der Waals surface area contributed by atoms with Gasteiger partial charge in [0.05, 0.1) is 24.5 Å². The maximum atomic E-state index is 5.83. The molecule has 0 aliphatic carbocycles. The number of hydrogen-bond acceptors (Lipinski definition) is 5. The smallest absolute Gasteiger partial charge is 0.131 e. The van der Waals surface area contributed by atoms with Gasteiger partial charge >= 0.3 is 0 Å². The van der Waals surface area contributed by atoms with Gasteiger partial charge in [0.25, 0.3) is 0 Å². The number of hydrogen-bond donors (Lipinski definition) is 1. The third-order valence-electron chi connectivity index (χ3n) is 3.82. The molecule has 0 spiro atoms. The van der Waals surface area contributed by atoms with E-state index in [0.717, 1.165) is 38.5 Å². The highest BCUT2D eigenvalue weighted by atomic mass is 16.5. The molecular weight excluding hydrogens is 268 g/mol. The Bertz CT molecular complexity index is 451. The lowest BCUT2D eigenvalue weighted by molar-refractivity contribution is -0.00570. The van der Waals surface area contributed by atoms with Crippen molar-refractivity contribution >= 4 is 5.82 Å². The van der Waals surface area contributed by atoms with E-state index in [1.165, 1.54) is 11.4 Å². The lowest BCUT2D eigenvalue weighted by atomic mass is 10.1. The number of rotatable bonds is 6. The molecule has 1 saturated heterocycles. The summed E-state index contributed by atoms with van der Waals surface area (Å²) >= 11 is 0. The number of morpholine rings is 1. The monoisotopic (exact) mass is 296 g/mol. The number of anilines is 1. The molecule has 1 aliphatic rings. The van der Waals surface area contributed by atoms with Crippen LogP contribution in [-0.4, -0.2) is 55.3 Å². The SMILES string of the molecule is COCCNCc1c(C)nn(C)c1N1C[C@@H](C)O[C@@H](C)C1. The third kappa shape index (κ3) is 3.96. The summed E-state index contributed by atoms with van der Waals surface area (Å²) in [5.41, 5.74) is 2.36. The van der Waals surface area contributed by atoms with Gasteiger partial charge in [-0.25, -0.2) is 0 Å². The molecule has 1 aliphatic heterocycles. The third-order valence-corrected chi connectivity index (χ3v) is 3.82. The lowest BCUT2D eigenvalue weighted by Crippen LogP contribution is -2.46. The van der Waals surface area contributed by atoms with Crippen LogP contribution in [0.5, 0.6) is 0 Å². The standard InChI is InChI=1S/C15H28N4O2/c1-11-9-19(10-12(2)21-11)15-14(8-16-6-7-20-5)13(3)17-18(15)4/h11-12,16H,6-10H2,1-5H3/t11-,12+. The van der Waals surface area contributed by atoms with Gasteiger partial charge in [0, 0.05) is 45.9 Å². The predicted octanol–water partition coefficient (Wildman–Crippen LogP) is 1.08. The van der Waals surface area contributed by atoms with E-state index in [4.69, 9.17) is 9.47 Å². The van der Waals surface area contributed by atoms with Crippen molar-refractivity contribution < 1.29 is 9.47 Å². The second kappa shape index (κ2) is 7.24. The molecule has 0 aromatic carbocycles. The second-order valence-electron chi connectivity index (χ2n) is 5.84. The van der Waals surface area contributed by atoms with Crippen molar-refractivity contribution in [2.24, 2.45) is 7.05 Å². The molecule has 1 aromatic heterocycles. The Morgan fingerprint density at radius 1 is 1.33 bits per heavy atom. The molecule has 0 bridgehead atoms. The van der Waals surface area contributed by atoms with Crippen molar-refractivity contribution in [2.45, 2.75) is 39.5 Å². The average Bonchev–Trinajstić information content (AvgIpc) is 2.68. The number of aryl methyl sites for hydroxylation is 2. The van der Waals surface area contributed by atoms with E-state index in [2.05, 4.69) is 36.1 Å². The Kier molecular flexibility index (Phi) is 5.61. The summed E-state index contributed by atoms with van der Waals surface area (Å²) in [6.07, 6.45) is 0.497. The Hall–Kier alpha value is -1.11. The minimum Gasteiger partial charge on any atom is -0.383 e. The maximum absolute atomic E-state index is 5.83. The molecule has 2 heterocycles. The summed E-state index contributed by atoms with van der Waals surface area (Å²) in [6.45, 7) is 10.5. The topological polar surface area (TPSA) is 51.5 Å². The fraction of sp³-hybridized carbons (Fsp3) is 0.800. The van der Waals surface area contributed by atoms with Crippen molar-refractivity contribution in [3.05, 3.63) is 11.3 Å². The van der Waals surface area contributed by atoms with Crippen LogP contribution in [0.3, 0.4) is 0 Å². The molecule has 2 atom stereocenters. The molecule has 6 nitrogen and oxygen atoms in total. The quantitative estimate of drug-likeness (QED) is 0.796. The number of methoxy groups -OCH3 is 1. The molecule has 1 N–H and O–H groups in total. The van der Waals surface area contributed by atoms with Crippen LogP contribution >= 0.6 is 0 Å². The van der Waals surface area contributed by atoms with Gasteiger partial charge in [-0.3, -0.25) is 4.68 Å². The predicted molar refractivity (Wildman–Crippen MR) is 83.7 cm³/mol. The summed E-state index contributed by atoms with van der Waals surface area (Å²) in [4.78, 5) is 2.40. The Morgan fingerprint density at radius 2 is 2.00 bits per heavy atom. The molecule has 1 aromatic rings. The van der Waals surface area contributed by atoms with Crippen LogP contribution in [0.4, 0.5) is 5.82 Å². The first-order valence-electron chi connectivity index (χ1n) is 7.65. The maximum Gasteiger partial charge on any atom is 0.131 e. The van der Waals surface area contributed by atoms with E-state index in [-0.39, 0.29) is 12.2 Å². The van der Waals surface area contributed by atoms with Crippen LogP contribution in [0, 0.1) is 6.92 Å². The molecule has 6 heteroatoms. The van der Waals surface area contributed by atoms with E-state index < -0.39 is 0 Å². The average molecular weight is 296 g/mol. The molecule has 0 unspecified atom stereocenters. The van der Waals surface area contributed by atoms with Gasteiger partial charge in [0.2, 0.25) is 0 Å². The number of aromatic nitrogens is 2. The van der Waals surface area contributed by atoms with Gasteiger partial charge in [-0.05, 0) is 20.8 Å². The van der Waals surface area contributed by atoms with E-state index >= 15 is 0 Å². The highest BCUT2D eigenvalue weighted by molar-refractivity contribution is 5.50. The Morgan fingerprint density at radius 3 is 2.62 bits per heavy atom. The van der Waals surface area contributed by atoms with E-state index in [1.807, 2.05) is 11.7 Å². The van der Waals surface area contributed by atoms with Gasteiger partial charge in [0.1, 0.15) is 5.82 Å². The zero-order valence-electron chi connectivity index (χ0n) is 13.8. The number of nitrogens with one attached hydrogen (secondary N) is 1. The summed E-state index contributed by atoms with van der Waals surface area (Å²) in [7, 11) is 3.74. The Balaban J connectivity index is 2.13. The van der Waals surface area contributed by atoms with Gasteiger partial charge < -0.3 is 19.7 Å². The van der Waals surface area contributed by atoms with Gasteiger partial charge in [0.15, 0.2) is 0 Å². The first-order chi connectivity index (χ1) is 10.0. The number of nitrogens with zero attached hydrogens (tertiary/aromatic N) is 3. The first-order valence-corrected chi connectivity index (χ1v) is 7.65. The zero-order chi connectivity index (χ0) is 15.4. The van der Waals surface area contributed by atoms with Gasteiger partial charge in [-0.1, -0.05) is 0 Å². The molecular formula is C15H28N4O2. The van der Waals surface area contributed by atoms with Crippen molar-refractivity contribution in [1.29, 1.82) is 0 Å².